The van der Waals surface area contributed by atoms with Crippen LogP contribution in [0.5, 0.6) is 5.75 Å². The summed E-state index contributed by atoms with van der Waals surface area (Å²) in [7, 11) is 0. The van der Waals surface area contributed by atoms with E-state index in [-0.39, 0.29) is 12.5 Å². The molecule has 1 amide bonds. The van der Waals surface area contributed by atoms with Crippen LogP contribution >= 0.6 is 0 Å². The highest BCUT2D eigenvalue weighted by Crippen LogP contribution is 2.07. The molecular formula is C16H26N2O2. The van der Waals surface area contributed by atoms with E-state index >= 15 is 0 Å². The van der Waals surface area contributed by atoms with Gasteiger partial charge in [-0.1, -0.05) is 18.2 Å². The second kappa shape index (κ2) is 8.59. The molecule has 1 N–H and O–H groups in total. The van der Waals surface area contributed by atoms with Crippen molar-refractivity contribution in [1.29, 1.82) is 0 Å². The molecule has 0 unspecified atom stereocenters. The highest BCUT2D eigenvalue weighted by Gasteiger charge is 2.13. The average Bonchev–Trinajstić information content (AvgIpc) is 2.41. The largest absolute Gasteiger partial charge is 0.484 e. The van der Waals surface area contributed by atoms with Crippen LogP contribution in [0.1, 0.15) is 27.7 Å². The molecule has 0 aliphatic carbocycles. The van der Waals surface area contributed by atoms with E-state index in [9.17, 15) is 4.79 Å². The molecule has 0 heterocycles. The number of amides is 1. The average molecular weight is 278 g/mol. The van der Waals surface area contributed by atoms with Crippen LogP contribution in [0, 0.1) is 0 Å². The van der Waals surface area contributed by atoms with Gasteiger partial charge in [-0.05, 0) is 39.8 Å². The minimum atomic E-state index is -0.0821. The van der Waals surface area contributed by atoms with Gasteiger partial charge in [0.1, 0.15) is 5.75 Å². The second-order valence-electron chi connectivity index (χ2n) is 5.38. The maximum atomic E-state index is 11.7. The van der Waals surface area contributed by atoms with Gasteiger partial charge in [-0.15, -0.1) is 0 Å². The molecule has 0 saturated heterocycles. The Morgan fingerprint density at radius 3 is 2.30 bits per heavy atom. The summed E-state index contributed by atoms with van der Waals surface area (Å²) < 4.78 is 5.39. The molecule has 0 spiro atoms. The minimum absolute atomic E-state index is 0.0629. The summed E-state index contributed by atoms with van der Waals surface area (Å²) in [6.45, 7) is 10.2. The number of rotatable bonds is 8. The van der Waals surface area contributed by atoms with Crippen molar-refractivity contribution in [2.24, 2.45) is 0 Å². The lowest BCUT2D eigenvalue weighted by molar-refractivity contribution is -0.123. The molecule has 20 heavy (non-hydrogen) atoms. The highest BCUT2D eigenvalue weighted by atomic mass is 16.5. The molecule has 4 heteroatoms. The third-order valence-corrected chi connectivity index (χ3v) is 3.13. The third kappa shape index (κ3) is 6.06. The van der Waals surface area contributed by atoms with Gasteiger partial charge in [-0.25, -0.2) is 0 Å². The van der Waals surface area contributed by atoms with Crippen molar-refractivity contribution < 1.29 is 9.53 Å². The maximum Gasteiger partial charge on any atom is 0.257 e. The molecule has 0 saturated carbocycles. The molecule has 1 aromatic rings. The predicted octanol–water partition coefficient (Wildman–Crippen LogP) is 2.30. The van der Waals surface area contributed by atoms with Gasteiger partial charge in [-0.3, -0.25) is 9.69 Å². The Balaban J connectivity index is 2.23. The first-order chi connectivity index (χ1) is 9.50. The Labute approximate surface area is 122 Å². The number of benzene rings is 1. The Morgan fingerprint density at radius 2 is 1.75 bits per heavy atom. The summed E-state index contributed by atoms with van der Waals surface area (Å²) in [5.74, 6) is 0.634. The zero-order chi connectivity index (χ0) is 15.0. The summed E-state index contributed by atoms with van der Waals surface area (Å²) in [4.78, 5) is 14.0. The first-order valence-corrected chi connectivity index (χ1v) is 7.21. The fourth-order valence-electron chi connectivity index (χ4n) is 2.15. The normalized spacial score (nSPS) is 11.2. The summed E-state index contributed by atoms with van der Waals surface area (Å²) in [6.07, 6.45) is 0. The van der Waals surface area contributed by atoms with Crippen LogP contribution < -0.4 is 10.1 Å². The van der Waals surface area contributed by atoms with Crippen LogP contribution in [0.25, 0.3) is 0 Å². The van der Waals surface area contributed by atoms with Gasteiger partial charge in [0.25, 0.3) is 5.91 Å². The van der Waals surface area contributed by atoms with Crippen LogP contribution in [0.15, 0.2) is 30.3 Å². The molecule has 0 aliphatic rings. The van der Waals surface area contributed by atoms with Crippen LogP contribution in [-0.2, 0) is 4.79 Å². The summed E-state index contributed by atoms with van der Waals surface area (Å²) in [5, 5.41) is 2.89. The van der Waals surface area contributed by atoms with Crippen molar-refractivity contribution in [3.63, 3.8) is 0 Å². The fraction of sp³-hybridized carbons (Fsp3) is 0.562. The van der Waals surface area contributed by atoms with E-state index in [1.165, 1.54) is 0 Å². The van der Waals surface area contributed by atoms with E-state index < -0.39 is 0 Å². The molecule has 0 aliphatic heterocycles. The lowest BCUT2D eigenvalue weighted by Gasteiger charge is -2.30. The van der Waals surface area contributed by atoms with E-state index in [1.807, 2.05) is 30.3 Å². The number of hydrogen-bond acceptors (Lipinski definition) is 3. The molecule has 1 aromatic carbocycles. The van der Waals surface area contributed by atoms with E-state index in [0.29, 0.717) is 24.4 Å². The predicted molar refractivity (Wildman–Crippen MR) is 81.9 cm³/mol. The standard InChI is InChI=1S/C16H26N2O2/c1-13(2)18(14(3)4)11-10-17-16(19)12-20-15-8-6-5-7-9-15/h5-9,13-14H,10-12H2,1-4H3,(H,17,19). The van der Waals surface area contributed by atoms with Crippen molar-refractivity contribution in [1.82, 2.24) is 10.2 Å². The van der Waals surface area contributed by atoms with Gasteiger partial charge in [0.15, 0.2) is 6.61 Å². The van der Waals surface area contributed by atoms with E-state index in [0.717, 1.165) is 6.54 Å². The molecule has 0 fully saturated rings. The fourth-order valence-corrected chi connectivity index (χ4v) is 2.15. The molecule has 0 radical (unpaired) electrons. The molecule has 1 rings (SSSR count). The molecule has 112 valence electrons. The lowest BCUT2D eigenvalue weighted by Crippen LogP contribution is -2.43. The van der Waals surface area contributed by atoms with Crippen LogP contribution in [0.2, 0.25) is 0 Å². The van der Waals surface area contributed by atoms with Gasteiger partial charge in [0.2, 0.25) is 0 Å². The summed E-state index contributed by atoms with van der Waals surface area (Å²) in [6, 6.07) is 10.3. The number of para-hydroxylation sites is 1. The zero-order valence-electron chi connectivity index (χ0n) is 12.9. The van der Waals surface area contributed by atoms with Crippen molar-refractivity contribution >= 4 is 5.91 Å². The smallest absolute Gasteiger partial charge is 0.257 e. The maximum absolute atomic E-state index is 11.7. The van der Waals surface area contributed by atoms with E-state index in [2.05, 4.69) is 37.9 Å². The number of carbonyl (C=O) groups is 1. The van der Waals surface area contributed by atoms with Gasteiger partial charge < -0.3 is 10.1 Å². The molecule has 4 nitrogen and oxygen atoms in total. The van der Waals surface area contributed by atoms with Gasteiger partial charge in [0.05, 0.1) is 0 Å². The van der Waals surface area contributed by atoms with Gasteiger partial charge >= 0.3 is 0 Å². The Morgan fingerprint density at radius 1 is 1.15 bits per heavy atom. The van der Waals surface area contributed by atoms with Crippen LogP contribution in [-0.4, -0.2) is 42.6 Å². The number of hydrogen-bond donors (Lipinski definition) is 1. The number of carbonyl (C=O) groups excluding carboxylic acids is 1. The lowest BCUT2D eigenvalue weighted by atomic mass is 10.2. The van der Waals surface area contributed by atoms with Crippen molar-refractivity contribution in [3.8, 4) is 5.75 Å². The summed E-state index contributed by atoms with van der Waals surface area (Å²) in [5.41, 5.74) is 0. The highest BCUT2D eigenvalue weighted by molar-refractivity contribution is 5.77. The van der Waals surface area contributed by atoms with E-state index in [4.69, 9.17) is 4.74 Å². The third-order valence-electron chi connectivity index (χ3n) is 3.13. The van der Waals surface area contributed by atoms with Gasteiger partial charge in [0, 0.05) is 25.2 Å². The van der Waals surface area contributed by atoms with Crippen molar-refractivity contribution in [2.75, 3.05) is 19.7 Å². The van der Waals surface area contributed by atoms with Crippen LogP contribution in [0.3, 0.4) is 0 Å². The first-order valence-electron chi connectivity index (χ1n) is 7.21. The monoisotopic (exact) mass is 278 g/mol. The summed E-state index contributed by atoms with van der Waals surface area (Å²) >= 11 is 0. The second-order valence-corrected chi connectivity index (χ2v) is 5.38. The topological polar surface area (TPSA) is 41.6 Å². The Hall–Kier alpha value is -1.55. The minimum Gasteiger partial charge on any atom is -0.484 e. The first kappa shape index (κ1) is 16.5. The molecular weight excluding hydrogens is 252 g/mol. The Bertz CT molecular complexity index is 383. The van der Waals surface area contributed by atoms with Crippen LogP contribution in [0.4, 0.5) is 0 Å². The zero-order valence-corrected chi connectivity index (χ0v) is 12.9. The molecule has 0 atom stereocenters. The number of nitrogens with one attached hydrogen (secondary N) is 1. The van der Waals surface area contributed by atoms with Crippen molar-refractivity contribution in [2.45, 2.75) is 39.8 Å². The SMILES string of the molecule is CC(C)N(CCNC(=O)COc1ccccc1)C(C)C. The molecule has 0 bridgehead atoms. The number of nitrogens with zero attached hydrogens (tertiary/aromatic N) is 1. The quantitative estimate of drug-likeness (QED) is 0.793. The van der Waals surface area contributed by atoms with E-state index in [1.54, 1.807) is 0 Å². The van der Waals surface area contributed by atoms with Crippen molar-refractivity contribution in [3.05, 3.63) is 30.3 Å². The number of ether oxygens (including phenoxy) is 1. The Kier molecular flexibility index (Phi) is 7.09. The molecule has 0 aromatic heterocycles. The van der Waals surface area contributed by atoms with Gasteiger partial charge in [-0.2, -0.15) is 0 Å².